The van der Waals surface area contributed by atoms with Crippen LogP contribution in [0.4, 0.5) is 29.2 Å². The first-order valence-electron chi connectivity index (χ1n) is 8.28. The molecule has 2 aliphatic heterocycles. The second kappa shape index (κ2) is 6.20. The summed E-state index contributed by atoms with van der Waals surface area (Å²) in [4.78, 5) is 7.01. The fourth-order valence-electron chi connectivity index (χ4n) is 3.39. The normalized spacial score (nSPS) is 17.8. The largest absolute Gasteiger partial charge is 0.367 e. The van der Waals surface area contributed by atoms with Gasteiger partial charge in [-0.25, -0.2) is 17.6 Å². The third-order valence-corrected chi connectivity index (χ3v) is 4.68. The number of hydrogen-bond acceptors (Lipinski definition) is 5. The Morgan fingerprint density at radius 3 is 1.80 bits per heavy atom. The summed E-state index contributed by atoms with van der Waals surface area (Å²) < 4.78 is 62.7. The van der Waals surface area contributed by atoms with E-state index in [1.54, 1.807) is 4.90 Å². The lowest BCUT2D eigenvalue weighted by molar-refractivity contribution is 0.412. The first kappa shape index (κ1) is 16.2. The van der Waals surface area contributed by atoms with E-state index in [1.165, 1.54) is 4.90 Å². The van der Waals surface area contributed by atoms with E-state index in [-0.39, 0.29) is 5.95 Å². The predicted octanol–water partition coefficient (Wildman–Crippen LogP) is 3.49. The quantitative estimate of drug-likeness (QED) is 0.622. The molecule has 5 nitrogen and oxygen atoms in total. The van der Waals surface area contributed by atoms with Crippen molar-refractivity contribution in [1.29, 1.82) is 0 Å². The molecule has 2 aromatic rings. The van der Waals surface area contributed by atoms with Crippen LogP contribution in [0.2, 0.25) is 0 Å². The molecule has 0 unspecified atom stereocenters. The molecule has 0 spiro atoms. The Labute approximate surface area is 141 Å². The van der Waals surface area contributed by atoms with Crippen molar-refractivity contribution in [2.75, 3.05) is 36.0 Å². The molecule has 1 aromatic heterocycles. The molecular weight excluding hydrogens is 340 g/mol. The van der Waals surface area contributed by atoms with Gasteiger partial charge in [0, 0.05) is 26.2 Å². The number of benzene rings is 1. The van der Waals surface area contributed by atoms with Gasteiger partial charge < -0.3 is 14.3 Å². The van der Waals surface area contributed by atoms with E-state index in [4.69, 9.17) is 4.52 Å². The standard InChI is InChI=1S/C16H16F4N4O/c17-10-9(15-21-16(22-25-15)24-7-3-4-8-24)11(18)13(20)14(12(10)19)23-5-1-2-6-23/h1-8H2. The smallest absolute Gasteiger partial charge is 0.266 e. The summed E-state index contributed by atoms with van der Waals surface area (Å²) in [5, 5.41) is 3.67. The minimum Gasteiger partial charge on any atom is -0.367 e. The molecule has 4 rings (SSSR count). The summed E-state index contributed by atoms with van der Waals surface area (Å²) in [7, 11) is 0. The van der Waals surface area contributed by atoms with Crippen molar-refractivity contribution in [3.8, 4) is 11.5 Å². The summed E-state index contributed by atoms with van der Waals surface area (Å²) in [5.74, 6) is -6.30. The first-order chi connectivity index (χ1) is 12.1. The Morgan fingerprint density at radius 2 is 1.24 bits per heavy atom. The molecule has 2 saturated heterocycles. The fraction of sp³-hybridized carbons (Fsp3) is 0.500. The monoisotopic (exact) mass is 356 g/mol. The third-order valence-electron chi connectivity index (χ3n) is 4.68. The van der Waals surface area contributed by atoms with Crippen molar-refractivity contribution in [1.82, 2.24) is 10.1 Å². The van der Waals surface area contributed by atoms with Gasteiger partial charge in [0.2, 0.25) is 0 Å². The summed E-state index contributed by atoms with van der Waals surface area (Å²) in [6, 6.07) is 0. The van der Waals surface area contributed by atoms with Crippen LogP contribution in [0, 0.1) is 23.3 Å². The predicted molar refractivity (Wildman–Crippen MR) is 82.5 cm³/mol. The average molecular weight is 356 g/mol. The lowest BCUT2D eigenvalue weighted by Crippen LogP contribution is -2.22. The Balaban J connectivity index is 1.77. The van der Waals surface area contributed by atoms with Gasteiger partial charge >= 0.3 is 0 Å². The summed E-state index contributed by atoms with van der Waals surface area (Å²) in [5.41, 5.74) is -1.63. The molecule has 134 valence electrons. The van der Waals surface area contributed by atoms with Crippen LogP contribution in [0.5, 0.6) is 0 Å². The zero-order valence-electron chi connectivity index (χ0n) is 13.4. The number of nitrogens with zero attached hydrogens (tertiary/aromatic N) is 4. The Bertz CT molecular complexity index is 769. The number of aromatic nitrogens is 2. The molecule has 1 aromatic carbocycles. The van der Waals surface area contributed by atoms with Gasteiger partial charge in [0.25, 0.3) is 11.8 Å². The van der Waals surface area contributed by atoms with Crippen molar-refractivity contribution in [2.24, 2.45) is 0 Å². The lowest BCUT2D eigenvalue weighted by atomic mass is 10.1. The lowest BCUT2D eigenvalue weighted by Gasteiger charge is -2.20. The maximum absolute atomic E-state index is 14.5. The van der Waals surface area contributed by atoms with Gasteiger partial charge in [-0.1, -0.05) is 0 Å². The minimum absolute atomic E-state index is 0.163. The molecule has 0 aliphatic carbocycles. The molecule has 0 radical (unpaired) electrons. The van der Waals surface area contributed by atoms with Gasteiger partial charge in [0.15, 0.2) is 23.3 Å². The van der Waals surface area contributed by atoms with Crippen molar-refractivity contribution in [3.63, 3.8) is 0 Å². The van der Waals surface area contributed by atoms with Crippen LogP contribution in [-0.2, 0) is 0 Å². The van der Waals surface area contributed by atoms with E-state index >= 15 is 0 Å². The molecule has 0 atom stereocenters. The topological polar surface area (TPSA) is 45.4 Å². The van der Waals surface area contributed by atoms with Crippen LogP contribution >= 0.6 is 0 Å². The molecule has 0 bridgehead atoms. The van der Waals surface area contributed by atoms with Crippen LogP contribution in [0.1, 0.15) is 25.7 Å². The molecule has 0 saturated carbocycles. The van der Waals surface area contributed by atoms with Crippen LogP contribution in [0.25, 0.3) is 11.5 Å². The highest BCUT2D eigenvalue weighted by Crippen LogP contribution is 2.37. The average Bonchev–Trinajstić information content (AvgIpc) is 3.34. The van der Waals surface area contributed by atoms with E-state index in [0.29, 0.717) is 39.0 Å². The van der Waals surface area contributed by atoms with Gasteiger partial charge in [-0.15, -0.1) is 0 Å². The molecule has 9 heteroatoms. The highest BCUT2D eigenvalue weighted by molar-refractivity contribution is 5.64. The van der Waals surface area contributed by atoms with E-state index in [1.807, 2.05) is 0 Å². The number of anilines is 2. The molecule has 2 aliphatic rings. The Morgan fingerprint density at radius 1 is 0.720 bits per heavy atom. The van der Waals surface area contributed by atoms with Gasteiger partial charge in [-0.05, 0) is 30.8 Å². The zero-order valence-corrected chi connectivity index (χ0v) is 13.4. The van der Waals surface area contributed by atoms with Gasteiger partial charge in [0.05, 0.1) is 0 Å². The third kappa shape index (κ3) is 2.61. The van der Waals surface area contributed by atoms with Crippen LogP contribution in [0.15, 0.2) is 4.52 Å². The van der Waals surface area contributed by atoms with E-state index in [0.717, 1.165) is 12.8 Å². The van der Waals surface area contributed by atoms with Gasteiger partial charge in [-0.2, -0.15) is 4.98 Å². The van der Waals surface area contributed by atoms with Crippen molar-refractivity contribution in [2.45, 2.75) is 25.7 Å². The molecular formula is C16H16F4N4O. The molecule has 2 fully saturated rings. The second-order valence-electron chi connectivity index (χ2n) is 6.27. The van der Waals surface area contributed by atoms with Crippen LogP contribution in [0.3, 0.4) is 0 Å². The number of rotatable bonds is 3. The highest BCUT2D eigenvalue weighted by Gasteiger charge is 2.33. The maximum atomic E-state index is 14.5. The van der Waals surface area contributed by atoms with Crippen molar-refractivity contribution < 1.29 is 22.1 Å². The summed E-state index contributed by atoms with van der Waals surface area (Å²) in [6.07, 6.45) is 3.32. The zero-order chi connectivity index (χ0) is 17.6. The highest BCUT2D eigenvalue weighted by atomic mass is 19.2. The van der Waals surface area contributed by atoms with Crippen molar-refractivity contribution >= 4 is 11.6 Å². The molecule has 3 heterocycles. The molecule has 0 amide bonds. The summed E-state index contributed by atoms with van der Waals surface area (Å²) >= 11 is 0. The van der Waals surface area contributed by atoms with E-state index in [2.05, 4.69) is 10.1 Å². The van der Waals surface area contributed by atoms with E-state index < -0.39 is 40.4 Å². The van der Waals surface area contributed by atoms with Gasteiger partial charge in [0.1, 0.15) is 11.3 Å². The Hall–Kier alpha value is -2.32. The fourth-order valence-corrected chi connectivity index (χ4v) is 3.39. The summed E-state index contributed by atoms with van der Waals surface area (Å²) in [6.45, 7) is 2.10. The first-order valence-corrected chi connectivity index (χ1v) is 8.28. The SMILES string of the molecule is Fc1c(F)c(N2CCCC2)c(F)c(F)c1-c1nc(N2CCCC2)no1. The molecule has 25 heavy (non-hydrogen) atoms. The number of halogens is 4. The van der Waals surface area contributed by atoms with Crippen molar-refractivity contribution in [3.05, 3.63) is 23.3 Å². The second-order valence-corrected chi connectivity index (χ2v) is 6.27. The minimum atomic E-state index is -1.52. The Kier molecular flexibility index (Phi) is 4.01. The molecule has 0 N–H and O–H groups in total. The van der Waals surface area contributed by atoms with Crippen LogP contribution < -0.4 is 9.80 Å². The number of hydrogen-bond donors (Lipinski definition) is 0. The van der Waals surface area contributed by atoms with Crippen LogP contribution in [-0.4, -0.2) is 36.3 Å². The van der Waals surface area contributed by atoms with E-state index in [9.17, 15) is 17.6 Å². The van der Waals surface area contributed by atoms with Gasteiger partial charge in [-0.3, -0.25) is 0 Å². The maximum Gasteiger partial charge on any atom is 0.266 e.